The fourth-order valence-corrected chi connectivity index (χ4v) is 5.03. The Morgan fingerprint density at radius 3 is 2.63 bits per heavy atom. The van der Waals surface area contributed by atoms with Gasteiger partial charge < -0.3 is 4.90 Å². The molecule has 0 radical (unpaired) electrons. The molecule has 27 heavy (non-hydrogen) atoms. The fraction of sp³-hybridized carbons (Fsp3) is 0.476. The molecule has 0 saturated carbocycles. The topological polar surface area (TPSA) is 50.5 Å². The lowest BCUT2D eigenvalue weighted by molar-refractivity contribution is -0.134. The van der Waals surface area contributed by atoms with Gasteiger partial charge in [0.2, 0.25) is 5.91 Å². The summed E-state index contributed by atoms with van der Waals surface area (Å²) in [5, 5.41) is 10.7. The molecule has 1 aliphatic rings. The van der Waals surface area contributed by atoms with E-state index < -0.39 is 0 Å². The highest BCUT2D eigenvalue weighted by Gasteiger charge is 2.29. The number of fused-ring (bicyclic) bond motifs is 3. The summed E-state index contributed by atoms with van der Waals surface area (Å²) in [7, 11) is 0. The van der Waals surface area contributed by atoms with Crippen LogP contribution in [0.3, 0.4) is 0 Å². The van der Waals surface area contributed by atoms with Gasteiger partial charge in [-0.25, -0.2) is 0 Å². The molecule has 1 amide bonds. The molecule has 0 N–H and O–H groups in total. The standard InChI is InChI=1S/C21H26N4OS/c1-13-8-9-17-11-14(2)20-22-23-21(25(20)18(17)10-13)27-12-19(26)24-15(3)6-5-7-16(24)4/h8-11,15-16H,5-7,12H2,1-4H3/t15-,16-/m1/s1. The van der Waals surface area contributed by atoms with Crippen LogP contribution >= 0.6 is 11.8 Å². The van der Waals surface area contributed by atoms with Crippen molar-refractivity contribution in [3.05, 3.63) is 35.4 Å². The second kappa shape index (κ2) is 7.15. The summed E-state index contributed by atoms with van der Waals surface area (Å²) in [6.07, 6.45) is 3.40. The molecule has 2 atom stereocenters. The van der Waals surface area contributed by atoms with Gasteiger partial charge in [-0.05, 0) is 75.6 Å². The van der Waals surface area contributed by atoms with E-state index in [0.717, 1.165) is 40.1 Å². The molecule has 1 fully saturated rings. The first-order chi connectivity index (χ1) is 13.0. The number of aryl methyl sites for hydroxylation is 2. The van der Waals surface area contributed by atoms with Gasteiger partial charge in [-0.15, -0.1) is 10.2 Å². The number of piperidine rings is 1. The van der Waals surface area contributed by atoms with Crippen LogP contribution in [-0.4, -0.2) is 43.2 Å². The van der Waals surface area contributed by atoms with Crippen LogP contribution in [0.15, 0.2) is 29.4 Å². The molecule has 142 valence electrons. The first kappa shape index (κ1) is 18.3. The molecular weight excluding hydrogens is 356 g/mol. The summed E-state index contributed by atoms with van der Waals surface area (Å²) in [5.41, 5.74) is 4.25. The zero-order chi connectivity index (χ0) is 19.1. The van der Waals surface area contributed by atoms with Crippen LogP contribution in [0.1, 0.15) is 44.2 Å². The lowest BCUT2D eigenvalue weighted by Gasteiger charge is -2.39. The largest absolute Gasteiger partial charge is 0.337 e. The van der Waals surface area contributed by atoms with Crippen molar-refractivity contribution in [3.63, 3.8) is 0 Å². The quantitative estimate of drug-likeness (QED) is 0.631. The van der Waals surface area contributed by atoms with Crippen molar-refractivity contribution in [2.75, 3.05) is 5.75 Å². The minimum atomic E-state index is 0.199. The third-order valence-corrected chi connectivity index (χ3v) is 6.50. The number of pyridine rings is 1. The first-order valence-electron chi connectivity index (χ1n) is 9.65. The normalized spacial score (nSPS) is 20.5. The SMILES string of the molecule is Cc1ccc2cc(C)c3nnc(SCC(=O)N4[C@H](C)CCC[C@H]4C)n3c2c1. The number of aromatic nitrogens is 3. The van der Waals surface area contributed by atoms with Gasteiger partial charge in [-0.3, -0.25) is 9.20 Å². The third kappa shape index (κ3) is 3.31. The average Bonchev–Trinajstić information content (AvgIpc) is 3.05. The van der Waals surface area contributed by atoms with Crippen molar-refractivity contribution in [1.82, 2.24) is 19.5 Å². The van der Waals surface area contributed by atoms with Crippen LogP contribution in [0.25, 0.3) is 16.6 Å². The molecule has 6 heteroatoms. The lowest BCUT2D eigenvalue weighted by Crippen LogP contribution is -2.48. The fourth-order valence-electron chi connectivity index (χ4n) is 4.22. The second-order valence-electron chi connectivity index (χ2n) is 7.75. The molecule has 0 unspecified atom stereocenters. The summed E-state index contributed by atoms with van der Waals surface area (Å²) in [6.45, 7) is 8.46. The Bertz CT molecular complexity index is 1000. The van der Waals surface area contributed by atoms with E-state index in [0.29, 0.717) is 17.8 Å². The van der Waals surface area contributed by atoms with Crippen molar-refractivity contribution in [2.45, 2.75) is 64.2 Å². The van der Waals surface area contributed by atoms with Gasteiger partial charge in [0.1, 0.15) is 0 Å². The smallest absolute Gasteiger partial charge is 0.233 e. The number of benzene rings is 1. The molecule has 3 heterocycles. The summed E-state index contributed by atoms with van der Waals surface area (Å²) >= 11 is 1.49. The number of rotatable bonds is 3. The molecule has 1 aliphatic heterocycles. The van der Waals surface area contributed by atoms with E-state index in [1.54, 1.807) is 0 Å². The first-order valence-corrected chi connectivity index (χ1v) is 10.6. The van der Waals surface area contributed by atoms with Gasteiger partial charge in [0.25, 0.3) is 0 Å². The number of carbonyl (C=O) groups is 1. The van der Waals surface area contributed by atoms with Gasteiger partial charge in [0.15, 0.2) is 10.8 Å². The van der Waals surface area contributed by atoms with Crippen LogP contribution in [0, 0.1) is 13.8 Å². The van der Waals surface area contributed by atoms with Crippen LogP contribution in [-0.2, 0) is 4.79 Å². The summed E-state index contributed by atoms with van der Waals surface area (Å²) < 4.78 is 2.10. The Kier molecular flexibility index (Phi) is 4.84. The van der Waals surface area contributed by atoms with Gasteiger partial charge in [0.05, 0.1) is 11.3 Å². The maximum absolute atomic E-state index is 12.9. The van der Waals surface area contributed by atoms with E-state index in [1.165, 1.54) is 23.7 Å². The van der Waals surface area contributed by atoms with E-state index >= 15 is 0 Å². The maximum Gasteiger partial charge on any atom is 0.233 e. The van der Waals surface area contributed by atoms with Crippen LogP contribution in [0.2, 0.25) is 0 Å². The van der Waals surface area contributed by atoms with Crippen molar-refractivity contribution in [3.8, 4) is 0 Å². The highest BCUT2D eigenvalue weighted by molar-refractivity contribution is 7.99. The van der Waals surface area contributed by atoms with Crippen molar-refractivity contribution in [2.24, 2.45) is 0 Å². The predicted octanol–water partition coefficient (Wildman–Crippen LogP) is 4.38. The molecular formula is C21H26N4OS. The summed E-state index contributed by atoms with van der Waals surface area (Å²) in [5.74, 6) is 0.598. The van der Waals surface area contributed by atoms with E-state index in [-0.39, 0.29) is 5.91 Å². The Morgan fingerprint density at radius 1 is 1.15 bits per heavy atom. The molecule has 0 aliphatic carbocycles. The van der Waals surface area contributed by atoms with Crippen molar-refractivity contribution >= 4 is 34.2 Å². The van der Waals surface area contributed by atoms with Gasteiger partial charge in [0, 0.05) is 12.1 Å². The molecule has 1 aromatic carbocycles. The minimum Gasteiger partial charge on any atom is -0.337 e. The predicted molar refractivity (Wildman–Crippen MR) is 110 cm³/mol. The molecule has 0 spiro atoms. The number of hydrogen-bond acceptors (Lipinski definition) is 4. The molecule has 3 aromatic rings. The third-order valence-electron chi connectivity index (χ3n) is 5.59. The Balaban J connectivity index is 1.65. The van der Waals surface area contributed by atoms with Crippen LogP contribution < -0.4 is 0 Å². The monoisotopic (exact) mass is 382 g/mol. The van der Waals surface area contributed by atoms with Crippen LogP contribution in [0.4, 0.5) is 0 Å². The molecule has 5 nitrogen and oxygen atoms in total. The van der Waals surface area contributed by atoms with E-state index in [4.69, 9.17) is 0 Å². The zero-order valence-electron chi connectivity index (χ0n) is 16.4. The molecule has 0 bridgehead atoms. The molecule has 1 saturated heterocycles. The average molecular weight is 383 g/mol. The van der Waals surface area contributed by atoms with Crippen molar-refractivity contribution in [1.29, 1.82) is 0 Å². The van der Waals surface area contributed by atoms with Gasteiger partial charge in [-0.2, -0.15) is 0 Å². The van der Waals surface area contributed by atoms with Gasteiger partial charge in [-0.1, -0.05) is 23.9 Å². The Morgan fingerprint density at radius 2 is 1.89 bits per heavy atom. The highest BCUT2D eigenvalue weighted by atomic mass is 32.2. The molecule has 2 aromatic heterocycles. The Hall–Kier alpha value is -2.08. The summed E-state index contributed by atoms with van der Waals surface area (Å²) in [6, 6.07) is 9.20. The number of amides is 1. The highest BCUT2D eigenvalue weighted by Crippen LogP contribution is 2.28. The van der Waals surface area contributed by atoms with Gasteiger partial charge >= 0.3 is 0 Å². The van der Waals surface area contributed by atoms with Crippen molar-refractivity contribution < 1.29 is 4.79 Å². The zero-order valence-corrected chi connectivity index (χ0v) is 17.2. The minimum absolute atomic E-state index is 0.199. The summed E-state index contributed by atoms with van der Waals surface area (Å²) in [4.78, 5) is 14.9. The van der Waals surface area contributed by atoms with E-state index in [1.807, 2.05) is 0 Å². The van der Waals surface area contributed by atoms with Crippen LogP contribution in [0.5, 0.6) is 0 Å². The second-order valence-corrected chi connectivity index (χ2v) is 8.69. The Labute approximate surface area is 164 Å². The number of carbonyl (C=O) groups excluding carboxylic acids is 1. The number of likely N-dealkylation sites (tertiary alicyclic amines) is 1. The van der Waals surface area contributed by atoms with E-state index in [2.05, 4.69) is 71.5 Å². The van der Waals surface area contributed by atoms with E-state index in [9.17, 15) is 4.79 Å². The molecule has 4 rings (SSSR count). The maximum atomic E-state index is 12.9. The number of hydrogen-bond donors (Lipinski definition) is 0. The lowest BCUT2D eigenvalue weighted by atomic mass is 9.98. The number of thioether (sulfide) groups is 1. The number of nitrogens with zero attached hydrogens (tertiary/aromatic N) is 4.